The van der Waals surface area contributed by atoms with Gasteiger partial charge in [-0.2, -0.15) is 0 Å². The van der Waals surface area contributed by atoms with Crippen LogP contribution in [-0.4, -0.2) is 24.7 Å². The van der Waals surface area contributed by atoms with Crippen LogP contribution in [0.25, 0.3) is 0 Å². The molecule has 3 nitrogen and oxygen atoms in total. The highest BCUT2D eigenvalue weighted by molar-refractivity contribution is 5.10. The summed E-state index contributed by atoms with van der Waals surface area (Å²) in [5.41, 5.74) is 0.834. The SMILES string of the molecule is Fc1ccc([C@H]2COCCN2)nc1. The number of ether oxygens (including phenoxy) is 1. The van der Waals surface area contributed by atoms with Crippen molar-refractivity contribution < 1.29 is 9.13 Å². The lowest BCUT2D eigenvalue weighted by Crippen LogP contribution is -2.35. The van der Waals surface area contributed by atoms with Crippen LogP contribution in [0, 0.1) is 5.82 Å². The Labute approximate surface area is 75.9 Å². The van der Waals surface area contributed by atoms with Gasteiger partial charge >= 0.3 is 0 Å². The van der Waals surface area contributed by atoms with Gasteiger partial charge in [0.25, 0.3) is 0 Å². The molecule has 4 heteroatoms. The lowest BCUT2D eigenvalue weighted by Gasteiger charge is -2.23. The number of nitrogens with one attached hydrogen (secondary N) is 1. The number of halogens is 1. The molecule has 13 heavy (non-hydrogen) atoms. The van der Waals surface area contributed by atoms with Crippen molar-refractivity contribution >= 4 is 0 Å². The second-order valence-electron chi connectivity index (χ2n) is 2.98. The van der Waals surface area contributed by atoms with Crippen molar-refractivity contribution in [3.63, 3.8) is 0 Å². The fourth-order valence-corrected chi connectivity index (χ4v) is 1.35. The maximum absolute atomic E-state index is 12.5. The predicted octanol–water partition coefficient (Wildman–Crippen LogP) is 0.882. The standard InChI is InChI=1S/C9H11FN2O/c10-7-1-2-8(12-5-7)9-6-13-4-3-11-9/h1-2,5,9,11H,3-4,6H2/t9-/m1/s1. The van der Waals surface area contributed by atoms with Crippen LogP contribution in [0.4, 0.5) is 4.39 Å². The fourth-order valence-electron chi connectivity index (χ4n) is 1.35. The molecule has 2 heterocycles. The van der Waals surface area contributed by atoms with Crippen LogP contribution in [0.5, 0.6) is 0 Å². The Hall–Kier alpha value is -1.00. The second-order valence-corrected chi connectivity index (χ2v) is 2.98. The van der Waals surface area contributed by atoms with Gasteiger partial charge in [-0.25, -0.2) is 4.39 Å². The van der Waals surface area contributed by atoms with E-state index >= 15 is 0 Å². The summed E-state index contributed by atoms with van der Waals surface area (Å²) in [6.07, 6.45) is 1.23. The first-order valence-corrected chi connectivity index (χ1v) is 4.29. The van der Waals surface area contributed by atoms with Gasteiger partial charge in [-0.15, -0.1) is 0 Å². The van der Waals surface area contributed by atoms with Crippen LogP contribution in [0.1, 0.15) is 11.7 Å². The zero-order chi connectivity index (χ0) is 9.10. The third-order valence-electron chi connectivity index (χ3n) is 2.03. The van der Waals surface area contributed by atoms with Gasteiger partial charge in [-0.3, -0.25) is 4.98 Å². The molecular weight excluding hydrogens is 171 g/mol. The Morgan fingerprint density at radius 3 is 3.08 bits per heavy atom. The van der Waals surface area contributed by atoms with Gasteiger partial charge in [0.15, 0.2) is 0 Å². The van der Waals surface area contributed by atoms with Gasteiger partial charge in [-0.1, -0.05) is 0 Å². The molecule has 1 atom stereocenters. The van der Waals surface area contributed by atoms with E-state index in [2.05, 4.69) is 10.3 Å². The molecule has 0 aliphatic carbocycles. The van der Waals surface area contributed by atoms with E-state index in [4.69, 9.17) is 4.74 Å². The summed E-state index contributed by atoms with van der Waals surface area (Å²) < 4.78 is 17.8. The summed E-state index contributed by atoms with van der Waals surface area (Å²) in [6.45, 7) is 2.17. The van der Waals surface area contributed by atoms with Crippen molar-refractivity contribution in [2.75, 3.05) is 19.8 Å². The third-order valence-corrected chi connectivity index (χ3v) is 2.03. The number of pyridine rings is 1. The zero-order valence-corrected chi connectivity index (χ0v) is 7.16. The number of rotatable bonds is 1. The smallest absolute Gasteiger partial charge is 0.141 e. The minimum absolute atomic E-state index is 0.106. The number of nitrogens with zero attached hydrogens (tertiary/aromatic N) is 1. The minimum Gasteiger partial charge on any atom is -0.378 e. The van der Waals surface area contributed by atoms with E-state index in [-0.39, 0.29) is 11.9 Å². The van der Waals surface area contributed by atoms with E-state index < -0.39 is 0 Å². The maximum atomic E-state index is 12.5. The maximum Gasteiger partial charge on any atom is 0.141 e. The van der Waals surface area contributed by atoms with E-state index in [1.54, 1.807) is 6.07 Å². The van der Waals surface area contributed by atoms with Crippen molar-refractivity contribution in [3.8, 4) is 0 Å². The average Bonchev–Trinajstić information content (AvgIpc) is 2.20. The molecule has 0 amide bonds. The minimum atomic E-state index is -0.305. The molecule has 1 N–H and O–H groups in total. The molecule has 70 valence electrons. The third kappa shape index (κ3) is 2.02. The number of morpholine rings is 1. The molecule has 0 radical (unpaired) electrons. The summed E-state index contributed by atoms with van der Waals surface area (Å²) >= 11 is 0. The van der Waals surface area contributed by atoms with Gasteiger partial charge in [0, 0.05) is 6.54 Å². The topological polar surface area (TPSA) is 34.1 Å². The molecule has 1 saturated heterocycles. The van der Waals surface area contributed by atoms with Crippen molar-refractivity contribution in [2.24, 2.45) is 0 Å². The summed E-state index contributed by atoms with van der Waals surface area (Å²) in [5, 5.41) is 3.24. The monoisotopic (exact) mass is 182 g/mol. The molecule has 0 saturated carbocycles. The molecular formula is C9H11FN2O. The van der Waals surface area contributed by atoms with Crippen LogP contribution < -0.4 is 5.32 Å². The highest BCUT2D eigenvalue weighted by Crippen LogP contribution is 2.12. The van der Waals surface area contributed by atoms with E-state index in [9.17, 15) is 4.39 Å². The van der Waals surface area contributed by atoms with Gasteiger partial charge in [0.2, 0.25) is 0 Å². The molecule has 0 bridgehead atoms. The Balaban J connectivity index is 2.10. The molecule has 1 aromatic rings. The quantitative estimate of drug-likeness (QED) is 0.700. The van der Waals surface area contributed by atoms with Crippen molar-refractivity contribution in [1.82, 2.24) is 10.3 Å². The predicted molar refractivity (Wildman–Crippen MR) is 45.8 cm³/mol. The first kappa shape index (κ1) is 8.59. The zero-order valence-electron chi connectivity index (χ0n) is 7.16. The molecule has 1 aliphatic heterocycles. The van der Waals surface area contributed by atoms with Crippen LogP contribution in [0.15, 0.2) is 18.3 Å². The Bertz CT molecular complexity index is 269. The lowest BCUT2D eigenvalue weighted by molar-refractivity contribution is 0.0756. The summed E-state index contributed by atoms with van der Waals surface area (Å²) in [4.78, 5) is 3.98. The van der Waals surface area contributed by atoms with Crippen LogP contribution in [0.3, 0.4) is 0 Å². The Kier molecular flexibility index (Phi) is 2.52. The summed E-state index contributed by atoms with van der Waals surface area (Å²) in [6, 6.07) is 3.20. The summed E-state index contributed by atoms with van der Waals surface area (Å²) in [5.74, 6) is -0.305. The van der Waals surface area contributed by atoms with Crippen molar-refractivity contribution in [1.29, 1.82) is 0 Å². The molecule has 2 rings (SSSR count). The number of hydrogen-bond donors (Lipinski definition) is 1. The van der Waals surface area contributed by atoms with E-state index in [0.717, 1.165) is 18.8 Å². The number of hydrogen-bond acceptors (Lipinski definition) is 3. The molecule has 1 fully saturated rings. The fraction of sp³-hybridized carbons (Fsp3) is 0.444. The highest BCUT2D eigenvalue weighted by atomic mass is 19.1. The van der Waals surface area contributed by atoms with Gasteiger partial charge in [-0.05, 0) is 12.1 Å². The first-order chi connectivity index (χ1) is 6.36. The second kappa shape index (κ2) is 3.81. The Morgan fingerprint density at radius 1 is 1.54 bits per heavy atom. The Morgan fingerprint density at radius 2 is 2.46 bits per heavy atom. The van der Waals surface area contributed by atoms with Crippen molar-refractivity contribution in [2.45, 2.75) is 6.04 Å². The molecule has 0 spiro atoms. The average molecular weight is 182 g/mol. The van der Waals surface area contributed by atoms with Crippen molar-refractivity contribution in [3.05, 3.63) is 29.8 Å². The van der Waals surface area contributed by atoms with Crippen LogP contribution in [0.2, 0.25) is 0 Å². The normalized spacial score (nSPS) is 23.0. The van der Waals surface area contributed by atoms with Gasteiger partial charge < -0.3 is 10.1 Å². The highest BCUT2D eigenvalue weighted by Gasteiger charge is 2.15. The van der Waals surface area contributed by atoms with Crippen LogP contribution in [-0.2, 0) is 4.74 Å². The van der Waals surface area contributed by atoms with Gasteiger partial charge in [0.05, 0.1) is 31.1 Å². The van der Waals surface area contributed by atoms with Crippen LogP contribution >= 0.6 is 0 Å². The number of aromatic nitrogens is 1. The molecule has 0 aromatic carbocycles. The lowest BCUT2D eigenvalue weighted by atomic mass is 10.2. The largest absolute Gasteiger partial charge is 0.378 e. The van der Waals surface area contributed by atoms with E-state index in [1.165, 1.54) is 12.3 Å². The van der Waals surface area contributed by atoms with Gasteiger partial charge in [0.1, 0.15) is 5.82 Å². The molecule has 1 aromatic heterocycles. The molecule has 0 unspecified atom stereocenters. The van der Waals surface area contributed by atoms with E-state index in [0.29, 0.717) is 6.61 Å². The first-order valence-electron chi connectivity index (χ1n) is 4.29. The molecule has 1 aliphatic rings. The summed E-state index contributed by atoms with van der Waals surface area (Å²) in [7, 11) is 0. The van der Waals surface area contributed by atoms with E-state index in [1.807, 2.05) is 0 Å².